The minimum Gasteiger partial charge on any atom is -0.507 e. The first-order valence-electron chi connectivity index (χ1n) is 8.05. The lowest BCUT2D eigenvalue weighted by Gasteiger charge is -2.16. The first-order chi connectivity index (χ1) is 10.7. The summed E-state index contributed by atoms with van der Waals surface area (Å²) in [5, 5.41) is 20.3. The van der Waals surface area contributed by atoms with E-state index in [1.54, 1.807) is 0 Å². The van der Waals surface area contributed by atoms with Gasteiger partial charge in [-0.2, -0.15) is 0 Å². The van der Waals surface area contributed by atoms with Crippen LogP contribution in [0.25, 0.3) is 0 Å². The average Bonchev–Trinajstić information content (AvgIpc) is 2.45. The molecule has 0 spiro atoms. The van der Waals surface area contributed by atoms with Gasteiger partial charge in [-0.3, -0.25) is 0 Å². The third kappa shape index (κ3) is 3.61. The Hall–Kier alpha value is -2.16. The van der Waals surface area contributed by atoms with Crippen LogP contribution in [-0.4, -0.2) is 10.2 Å². The molecule has 0 radical (unpaired) electrons. The van der Waals surface area contributed by atoms with Crippen LogP contribution in [-0.2, 0) is 0 Å². The fraction of sp³-hybridized carbons (Fsp3) is 0.400. The van der Waals surface area contributed by atoms with E-state index in [0.717, 1.165) is 22.3 Å². The van der Waals surface area contributed by atoms with Crippen LogP contribution in [0, 0.1) is 13.8 Å². The Morgan fingerprint density at radius 1 is 0.696 bits per heavy atom. The second-order valence-electron chi connectivity index (χ2n) is 6.77. The Balaban J connectivity index is 2.44. The highest BCUT2D eigenvalue weighted by molar-refractivity contribution is 5.51. The van der Waals surface area contributed by atoms with E-state index in [1.807, 2.05) is 65.8 Å². The van der Waals surface area contributed by atoms with E-state index in [9.17, 15) is 10.2 Å². The first-order valence-corrected chi connectivity index (χ1v) is 8.05. The van der Waals surface area contributed by atoms with Crippen LogP contribution in [0.1, 0.15) is 61.8 Å². The molecule has 0 aliphatic heterocycles. The normalized spacial score (nSPS) is 11.3. The van der Waals surface area contributed by atoms with Gasteiger partial charge in [-0.15, -0.1) is 0 Å². The van der Waals surface area contributed by atoms with Crippen LogP contribution in [0.15, 0.2) is 24.3 Å². The van der Waals surface area contributed by atoms with Crippen molar-refractivity contribution >= 4 is 0 Å². The van der Waals surface area contributed by atoms with Gasteiger partial charge in [0.15, 0.2) is 0 Å². The van der Waals surface area contributed by atoms with E-state index < -0.39 is 0 Å². The molecule has 0 unspecified atom stereocenters. The smallest absolute Gasteiger partial charge is 0.128 e. The maximum absolute atomic E-state index is 10.2. The van der Waals surface area contributed by atoms with E-state index in [1.165, 1.54) is 0 Å². The average molecular weight is 314 g/mol. The minimum absolute atomic E-state index is 0.213. The molecule has 0 amide bonds. The molecule has 23 heavy (non-hydrogen) atoms. The molecule has 0 saturated heterocycles. The Kier molecular flexibility index (Phi) is 4.88. The molecule has 0 fully saturated rings. The summed E-state index contributed by atoms with van der Waals surface area (Å²) in [5.74, 6) is 2.48. The largest absolute Gasteiger partial charge is 0.507 e. The number of benzene rings is 2. The van der Waals surface area contributed by atoms with E-state index in [4.69, 9.17) is 4.74 Å². The lowest BCUT2D eigenvalue weighted by atomic mass is 9.98. The van der Waals surface area contributed by atoms with Crippen molar-refractivity contribution in [2.24, 2.45) is 0 Å². The van der Waals surface area contributed by atoms with Crippen LogP contribution in [0.5, 0.6) is 23.0 Å². The molecule has 2 rings (SSSR count). The Morgan fingerprint density at radius 3 is 1.35 bits per heavy atom. The monoisotopic (exact) mass is 314 g/mol. The van der Waals surface area contributed by atoms with Gasteiger partial charge in [0.25, 0.3) is 0 Å². The number of ether oxygens (including phenoxy) is 1. The van der Waals surface area contributed by atoms with Crippen molar-refractivity contribution in [3.8, 4) is 23.0 Å². The van der Waals surface area contributed by atoms with E-state index in [2.05, 4.69) is 0 Å². The Labute approximate surface area is 138 Å². The van der Waals surface area contributed by atoms with Crippen molar-refractivity contribution < 1.29 is 14.9 Å². The Morgan fingerprint density at radius 2 is 1.04 bits per heavy atom. The molecule has 0 atom stereocenters. The Bertz CT molecular complexity index is 654. The lowest BCUT2D eigenvalue weighted by molar-refractivity contribution is 0.444. The van der Waals surface area contributed by atoms with Crippen molar-refractivity contribution in [1.82, 2.24) is 0 Å². The molecule has 0 aromatic heterocycles. The SMILES string of the molecule is Cc1cc(Oc2cc(C)c(O)c(C(C)C)c2)cc(C(C)C)c1O. The van der Waals surface area contributed by atoms with Crippen LogP contribution in [0.2, 0.25) is 0 Å². The van der Waals surface area contributed by atoms with E-state index in [0.29, 0.717) is 23.0 Å². The van der Waals surface area contributed by atoms with Gasteiger partial charge in [-0.1, -0.05) is 27.7 Å². The third-order valence-corrected chi connectivity index (χ3v) is 4.09. The summed E-state index contributed by atoms with van der Waals surface area (Å²) in [6.45, 7) is 11.9. The summed E-state index contributed by atoms with van der Waals surface area (Å²) >= 11 is 0. The molecule has 2 aromatic rings. The number of hydrogen-bond donors (Lipinski definition) is 2. The van der Waals surface area contributed by atoms with Crippen molar-refractivity contribution in [3.05, 3.63) is 46.5 Å². The molecular weight excluding hydrogens is 288 g/mol. The van der Waals surface area contributed by atoms with Gasteiger partial charge in [0.05, 0.1) is 0 Å². The quantitative estimate of drug-likeness (QED) is 0.755. The molecular formula is C20H26O3. The predicted molar refractivity (Wildman–Crippen MR) is 93.9 cm³/mol. The van der Waals surface area contributed by atoms with Crippen LogP contribution in [0.3, 0.4) is 0 Å². The lowest BCUT2D eigenvalue weighted by Crippen LogP contribution is -1.96. The fourth-order valence-electron chi connectivity index (χ4n) is 2.68. The standard InChI is InChI=1S/C20H26O3/c1-11(2)17-9-15(7-13(5)19(17)21)23-16-8-14(6)20(22)18(10-16)12(3)4/h7-12,21-22H,1-6H3. The van der Waals surface area contributed by atoms with Crippen LogP contribution < -0.4 is 4.74 Å². The van der Waals surface area contributed by atoms with Gasteiger partial charge in [0.2, 0.25) is 0 Å². The summed E-state index contributed by atoms with van der Waals surface area (Å²) in [4.78, 5) is 0. The van der Waals surface area contributed by atoms with Gasteiger partial charge < -0.3 is 14.9 Å². The summed E-state index contributed by atoms with van der Waals surface area (Å²) in [7, 11) is 0. The molecule has 3 heteroatoms. The van der Waals surface area contributed by atoms with Crippen molar-refractivity contribution in [1.29, 1.82) is 0 Å². The topological polar surface area (TPSA) is 49.7 Å². The summed E-state index contributed by atoms with van der Waals surface area (Å²) in [6.07, 6.45) is 0. The highest BCUT2D eigenvalue weighted by Gasteiger charge is 2.14. The molecule has 0 bridgehead atoms. The van der Waals surface area contributed by atoms with Gasteiger partial charge >= 0.3 is 0 Å². The maximum Gasteiger partial charge on any atom is 0.128 e. The van der Waals surface area contributed by atoms with E-state index in [-0.39, 0.29) is 11.8 Å². The zero-order valence-corrected chi connectivity index (χ0v) is 14.8. The molecule has 3 nitrogen and oxygen atoms in total. The van der Waals surface area contributed by atoms with Gasteiger partial charge in [-0.05, 0) is 61.1 Å². The van der Waals surface area contributed by atoms with Gasteiger partial charge in [0, 0.05) is 11.1 Å². The van der Waals surface area contributed by atoms with Crippen molar-refractivity contribution in [2.75, 3.05) is 0 Å². The summed E-state index contributed by atoms with van der Waals surface area (Å²) < 4.78 is 6.01. The molecule has 0 aliphatic rings. The van der Waals surface area contributed by atoms with E-state index >= 15 is 0 Å². The number of hydrogen-bond acceptors (Lipinski definition) is 3. The third-order valence-electron chi connectivity index (χ3n) is 4.09. The fourth-order valence-corrected chi connectivity index (χ4v) is 2.68. The van der Waals surface area contributed by atoms with Crippen LogP contribution >= 0.6 is 0 Å². The number of phenols is 2. The molecule has 0 aliphatic carbocycles. The zero-order valence-electron chi connectivity index (χ0n) is 14.8. The van der Waals surface area contributed by atoms with Gasteiger partial charge in [-0.25, -0.2) is 0 Å². The molecule has 0 heterocycles. The van der Waals surface area contributed by atoms with Gasteiger partial charge in [0.1, 0.15) is 23.0 Å². The molecule has 0 saturated carbocycles. The number of rotatable bonds is 4. The predicted octanol–water partition coefficient (Wildman–Crippen LogP) is 5.75. The first kappa shape index (κ1) is 17.2. The second kappa shape index (κ2) is 6.53. The number of aryl methyl sites for hydroxylation is 2. The zero-order chi connectivity index (χ0) is 17.3. The number of aromatic hydroxyl groups is 2. The number of phenolic OH excluding ortho intramolecular Hbond substituents is 2. The second-order valence-corrected chi connectivity index (χ2v) is 6.77. The van der Waals surface area contributed by atoms with Crippen molar-refractivity contribution in [2.45, 2.75) is 53.4 Å². The molecule has 124 valence electrons. The van der Waals surface area contributed by atoms with Crippen molar-refractivity contribution in [3.63, 3.8) is 0 Å². The molecule has 2 N–H and O–H groups in total. The minimum atomic E-state index is 0.213. The highest BCUT2D eigenvalue weighted by Crippen LogP contribution is 2.37. The molecule has 2 aromatic carbocycles. The summed E-state index contributed by atoms with van der Waals surface area (Å²) in [6, 6.07) is 7.42. The maximum atomic E-state index is 10.2. The van der Waals surface area contributed by atoms with Crippen LogP contribution in [0.4, 0.5) is 0 Å². The summed E-state index contributed by atoms with van der Waals surface area (Å²) in [5.41, 5.74) is 3.34. The highest BCUT2D eigenvalue weighted by atomic mass is 16.5.